The molecule has 0 atom stereocenters. The number of nitrogens with zero attached hydrogens (tertiary/aromatic N) is 1. The molecule has 1 aromatic carbocycles. The third-order valence-corrected chi connectivity index (χ3v) is 2.74. The van der Waals surface area contributed by atoms with Gasteiger partial charge in [-0.3, -0.25) is 0 Å². The summed E-state index contributed by atoms with van der Waals surface area (Å²) in [4.78, 5) is 0.941. The van der Waals surface area contributed by atoms with Gasteiger partial charge < -0.3 is 10.6 Å². The molecule has 0 spiro atoms. The Balaban J connectivity index is 3.04. The number of hydrogen-bond donors (Lipinski definition) is 1. The van der Waals surface area contributed by atoms with Crippen molar-refractivity contribution in [3.63, 3.8) is 0 Å². The van der Waals surface area contributed by atoms with Gasteiger partial charge in [0.2, 0.25) is 0 Å². The van der Waals surface area contributed by atoms with Gasteiger partial charge in [-0.15, -0.1) is 0 Å². The number of alkyl halides is 6. The molecule has 0 saturated carbocycles. The van der Waals surface area contributed by atoms with Crippen molar-refractivity contribution in [1.82, 2.24) is 0 Å². The molecular weight excluding hydrogens is 286 g/mol. The first-order valence-electron chi connectivity index (χ1n) is 5.72. The molecule has 0 bridgehead atoms. The van der Waals surface area contributed by atoms with Crippen LogP contribution in [0.5, 0.6) is 0 Å². The monoisotopic (exact) mass is 300 g/mol. The molecule has 1 aromatic rings. The Bertz CT molecular complexity index is 452. The summed E-state index contributed by atoms with van der Waals surface area (Å²) in [5, 5.41) is 0. The van der Waals surface area contributed by atoms with Crippen LogP contribution in [-0.4, -0.2) is 19.8 Å². The number of rotatable bonds is 4. The first-order chi connectivity index (χ1) is 9.04. The lowest BCUT2D eigenvalue weighted by Crippen LogP contribution is -2.26. The second-order valence-corrected chi connectivity index (χ2v) is 4.34. The molecule has 2 nitrogen and oxygen atoms in total. The summed E-state index contributed by atoms with van der Waals surface area (Å²) >= 11 is 0. The zero-order chi connectivity index (χ0) is 15.6. The van der Waals surface area contributed by atoms with E-state index in [9.17, 15) is 26.3 Å². The first-order valence-corrected chi connectivity index (χ1v) is 5.72. The second-order valence-electron chi connectivity index (χ2n) is 4.34. The van der Waals surface area contributed by atoms with Gasteiger partial charge in [0.25, 0.3) is 0 Å². The second kappa shape index (κ2) is 5.90. The summed E-state index contributed by atoms with van der Waals surface area (Å²) in [6.45, 7) is -0.621. The van der Waals surface area contributed by atoms with Gasteiger partial charge in [-0.05, 0) is 17.7 Å². The van der Waals surface area contributed by atoms with E-state index in [1.807, 2.05) is 0 Å². The van der Waals surface area contributed by atoms with Crippen LogP contribution in [-0.2, 0) is 12.7 Å². The van der Waals surface area contributed by atoms with E-state index >= 15 is 0 Å². The molecule has 0 saturated heterocycles. The predicted octanol–water partition coefficient (Wildman–Crippen LogP) is 3.55. The SMILES string of the molecule is CN(CCC(F)(F)F)c1ccc(CN)cc1C(F)(F)F. The largest absolute Gasteiger partial charge is 0.418 e. The van der Waals surface area contributed by atoms with Crippen LogP contribution in [0.25, 0.3) is 0 Å². The van der Waals surface area contributed by atoms with Crippen LogP contribution in [0.15, 0.2) is 18.2 Å². The maximum atomic E-state index is 12.9. The van der Waals surface area contributed by atoms with Crippen molar-refractivity contribution >= 4 is 5.69 Å². The van der Waals surface area contributed by atoms with Crippen molar-refractivity contribution in [3.05, 3.63) is 29.3 Å². The van der Waals surface area contributed by atoms with Crippen molar-refractivity contribution in [3.8, 4) is 0 Å². The quantitative estimate of drug-likeness (QED) is 0.862. The molecule has 20 heavy (non-hydrogen) atoms. The van der Waals surface area contributed by atoms with Gasteiger partial charge in [0.05, 0.1) is 12.0 Å². The summed E-state index contributed by atoms with van der Waals surface area (Å²) < 4.78 is 75.1. The smallest absolute Gasteiger partial charge is 0.374 e. The minimum Gasteiger partial charge on any atom is -0.374 e. The molecule has 1 rings (SSSR count). The van der Waals surface area contributed by atoms with E-state index in [2.05, 4.69) is 0 Å². The molecule has 0 unspecified atom stereocenters. The van der Waals surface area contributed by atoms with Crippen LogP contribution in [0, 0.1) is 0 Å². The normalized spacial score (nSPS) is 12.6. The third kappa shape index (κ3) is 4.59. The Labute approximate surface area is 112 Å². The molecule has 0 amide bonds. The molecule has 0 radical (unpaired) electrons. The van der Waals surface area contributed by atoms with Crippen LogP contribution in [0.1, 0.15) is 17.5 Å². The van der Waals surface area contributed by atoms with E-state index in [1.54, 1.807) is 0 Å². The van der Waals surface area contributed by atoms with E-state index in [1.165, 1.54) is 13.1 Å². The summed E-state index contributed by atoms with van der Waals surface area (Å²) in [7, 11) is 1.19. The van der Waals surface area contributed by atoms with E-state index in [4.69, 9.17) is 5.73 Å². The number of benzene rings is 1. The van der Waals surface area contributed by atoms with Crippen LogP contribution >= 0.6 is 0 Å². The Kier molecular flexibility index (Phi) is 4.90. The van der Waals surface area contributed by atoms with Crippen molar-refractivity contribution < 1.29 is 26.3 Å². The molecule has 0 aromatic heterocycles. The fourth-order valence-electron chi connectivity index (χ4n) is 1.69. The molecule has 114 valence electrons. The van der Waals surface area contributed by atoms with Gasteiger partial charge in [0.15, 0.2) is 0 Å². The Morgan fingerprint density at radius 3 is 2.15 bits per heavy atom. The lowest BCUT2D eigenvalue weighted by atomic mass is 10.1. The van der Waals surface area contributed by atoms with Gasteiger partial charge in [0, 0.05) is 25.8 Å². The summed E-state index contributed by atoms with van der Waals surface area (Å²) in [5.41, 5.74) is 4.27. The zero-order valence-corrected chi connectivity index (χ0v) is 10.6. The molecular formula is C12H14F6N2. The number of nitrogens with two attached hydrogens (primary N) is 1. The lowest BCUT2D eigenvalue weighted by molar-refractivity contribution is -0.137. The van der Waals surface area contributed by atoms with Gasteiger partial charge in [-0.2, -0.15) is 26.3 Å². The third-order valence-electron chi connectivity index (χ3n) is 2.74. The van der Waals surface area contributed by atoms with Crippen molar-refractivity contribution in [1.29, 1.82) is 0 Å². The molecule has 0 heterocycles. The van der Waals surface area contributed by atoms with Crippen LogP contribution in [0.2, 0.25) is 0 Å². The van der Waals surface area contributed by atoms with E-state index in [0.717, 1.165) is 17.0 Å². The number of hydrogen-bond acceptors (Lipinski definition) is 2. The number of anilines is 1. The Hall–Kier alpha value is -1.44. The molecule has 0 aliphatic rings. The molecule has 0 aliphatic heterocycles. The maximum absolute atomic E-state index is 12.9. The van der Waals surface area contributed by atoms with E-state index in [0.29, 0.717) is 0 Å². The predicted molar refractivity (Wildman–Crippen MR) is 63.3 cm³/mol. The Morgan fingerprint density at radius 2 is 1.70 bits per heavy atom. The van der Waals surface area contributed by atoms with Gasteiger partial charge in [-0.25, -0.2) is 0 Å². The highest BCUT2D eigenvalue weighted by molar-refractivity contribution is 5.56. The van der Waals surface area contributed by atoms with Crippen LogP contribution in [0.3, 0.4) is 0 Å². The minimum absolute atomic E-state index is 0.0738. The molecule has 0 fully saturated rings. The van der Waals surface area contributed by atoms with Crippen LogP contribution in [0.4, 0.5) is 32.0 Å². The van der Waals surface area contributed by atoms with E-state index in [-0.39, 0.29) is 17.8 Å². The first kappa shape index (κ1) is 16.6. The van der Waals surface area contributed by atoms with Gasteiger partial charge in [0.1, 0.15) is 0 Å². The number of halogens is 6. The molecule has 0 aliphatic carbocycles. The molecule has 8 heteroatoms. The van der Waals surface area contributed by atoms with Crippen LogP contribution < -0.4 is 10.6 Å². The summed E-state index contributed by atoms with van der Waals surface area (Å²) in [5.74, 6) is 0. The van der Waals surface area contributed by atoms with Crippen molar-refractivity contribution in [2.75, 3.05) is 18.5 Å². The average Bonchev–Trinajstić information content (AvgIpc) is 2.33. The van der Waals surface area contributed by atoms with Gasteiger partial charge in [-0.1, -0.05) is 6.07 Å². The summed E-state index contributed by atoms with van der Waals surface area (Å²) in [6, 6.07) is 3.37. The zero-order valence-electron chi connectivity index (χ0n) is 10.6. The fourth-order valence-corrected chi connectivity index (χ4v) is 1.69. The fraction of sp³-hybridized carbons (Fsp3) is 0.500. The highest BCUT2D eigenvalue weighted by Gasteiger charge is 2.35. The van der Waals surface area contributed by atoms with Gasteiger partial charge >= 0.3 is 12.4 Å². The van der Waals surface area contributed by atoms with E-state index < -0.39 is 30.9 Å². The lowest BCUT2D eigenvalue weighted by Gasteiger charge is -2.24. The Morgan fingerprint density at radius 1 is 1.10 bits per heavy atom. The topological polar surface area (TPSA) is 29.3 Å². The maximum Gasteiger partial charge on any atom is 0.418 e. The van der Waals surface area contributed by atoms with Crippen molar-refractivity contribution in [2.45, 2.75) is 25.3 Å². The standard InChI is InChI=1S/C12H14F6N2/c1-20(5-4-11(13,14)15)10-3-2-8(7-19)6-9(10)12(16,17)18/h2-3,6H,4-5,7,19H2,1H3. The van der Waals surface area contributed by atoms with Crippen molar-refractivity contribution in [2.24, 2.45) is 5.73 Å². The minimum atomic E-state index is -4.65. The highest BCUT2D eigenvalue weighted by atomic mass is 19.4. The average molecular weight is 300 g/mol. The highest BCUT2D eigenvalue weighted by Crippen LogP contribution is 2.37. The summed E-state index contributed by atoms with van der Waals surface area (Å²) in [6.07, 6.45) is -10.2. The molecule has 2 N–H and O–H groups in total.